The highest BCUT2D eigenvalue weighted by Crippen LogP contribution is 2.13. The van der Waals surface area contributed by atoms with Crippen molar-refractivity contribution in [3.8, 4) is 5.88 Å². The highest BCUT2D eigenvalue weighted by atomic mass is 32.1. The molecule has 0 radical (unpaired) electrons. The van der Waals surface area contributed by atoms with Crippen LogP contribution in [0.1, 0.15) is 11.3 Å². The zero-order valence-corrected chi connectivity index (χ0v) is 10.0. The smallest absolute Gasteiger partial charge is 0.226 e. The van der Waals surface area contributed by atoms with E-state index in [-0.39, 0.29) is 0 Å². The van der Waals surface area contributed by atoms with Crippen molar-refractivity contribution in [1.82, 2.24) is 9.97 Å². The van der Waals surface area contributed by atoms with Gasteiger partial charge in [0, 0.05) is 18.3 Å². The molecular weight excluding hydrogens is 222 g/mol. The van der Waals surface area contributed by atoms with Crippen molar-refractivity contribution in [3.05, 3.63) is 34.2 Å². The lowest BCUT2D eigenvalue weighted by Gasteiger charge is -2.06. The monoisotopic (exact) mass is 235 g/mol. The van der Waals surface area contributed by atoms with Crippen LogP contribution in [-0.2, 0) is 6.54 Å². The van der Waals surface area contributed by atoms with Crippen LogP contribution >= 0.6 is 11.3 Å². The van der Waals surface area contributed by atoms with Gasteiger partial charge in [0.1, 0.15) is 0 Å². The Labute approximate surface area is 98.3 Å². The van der Waals surface area contributed by atoms with Gasteiger partial charge in [-0.25, -0.2) is 4.98 Å². The molecule has 0 unspecified atom stereocenters. The summed E-state index contributed by atoms with van der Waals surface area (Å²) in [6.07, 6.45) is 0. The Bertz CT molecular complexity index is 456. The second-order valence-electron chi connectivity index (χ2n) is 3.36. The molecule has 2 rings (SSSR count). The first kappa shape index (κ1) is 10.9. The molecule has 16 heavy (non-hydrogen) atoms. The lowest BCUT2D eigenvalue weighted by molar-refractivity contribution is 0.397. The Hall–Kier alpha value is -1.62. The van der Waals surface area contributed by atoms with Gasteiger partial charge in [-0.15, -0.1) is 0 Å². The molecule has 0 amide bonds. The number of anilines is 1. The Morgan fingerprint density at radius 3 is 3.00 bits per heavy atom. The van der Waals surface area contributed by atoms with Gasteiger partial charge in [0.05, 0.1) is 7.11 Å². The molecule has 0 aromatic carbocycles. The Kier molecular flexibility index (Phi) is 3.36. The number of nitrogens with zero attached hydrogens (tertiary/aromatic N) is 2. The molecule has 5 heteroatoms. The third-order valence-electron chi connectivity index (χ3n) is 2.07. The molecule has 84 valence electrons. The van der Waals surface area contributed by atoms with Crippen molar-refractivity contribution < 1.29 is 4.74 Å². The average molecular weight is 235 g/mol. The molecule has 4 nitrogen and oxygen atoms in total. The minimum absolute atomic E-state index is 0.584. The minimum atomic E-state index is 0.584. The first-order valence-electron chi connectivity index (χ1n) is 4.92. The Morgan fingerprint density at radius 2 is 2.31 bits per heavy atom. The molecule has 2 aromatic heterocycles. The fourth-order valence-corrected chi connectivity index (χ4v) is 1.97. The van der Waals surface area contributed by atoms with Crippen LogP contribution in [0.5, 0.6) is 5.88 Å². The van der Waals surface area contributed by atoms with Gasteiger partial charge in [-0.2, -0.15) is 16.3 Å². The summed E-state index contributed by atoms with van der Waals surface area (Å²) in [5.41, 5.74) is 2.12. The van der Waals surface area contributed by atoms with Crippen LogP contribution in [0.15, 0.2) is 22.9 Å². The van der Waals surface area contributed by atoms with Crippen LogP contribution < -0.4 is 10.1 Å². The molecular formula is C11H13N3OS. The van der Waals surface area contributed by atoms with E-state index in [2.05, 4.69) is 32.1 Å². The summed E-state index contributed by atoms with van der Waals surface area (Å²) in [6, 6.07) is 3.88. The summed E-state index contributed by atoms with van der Waals surface area (Å²) < 4.78 is 5.08. The van der Waals surface area contributed by atoms with Crippen LogP contribution in [0.4, 0.5) is 5.95 Å². The topological polar surface area (TPSA) is 47.0 Å². The summed E-state index contributed by atoms with van der Waals surface area (Å²) in [4.78, 5) is 8.49. The lowest BCUT2D eigenvalue weighted by atomic mass is 10.3. The van der Waals surface area contributed by atoms with Crippen molar-refractivity contribution in [2.75, 3.05) is 12.4 Å². The van der Waals surface area contributed by atoms with Crippen molar-refractivity contribution in [2.45, 2.75) is 13.5 Å². The van der Waals surface area contributed by atoms with Gasteiger partial charge in [0.2, 0.25) is 11.8 Å². The molecule has 0 aliphatic rings. The van der Waals surface area contributed by atoms with Gasteiger partial charge in [0.15, 0.2) is 0 Å². The number of aryl methyl sites for hydroxylation is 1. The molecule has 0 bridgehead atoms. The number of ether oxygens (including phenoxy) is 1. The van der Waals surface area contributed by atoms with E-state index in [4.69, 9.17) is 4.74 Å². The van der Waals surface area contributed by atoms with E-state index < -0.39 is 0 Å². The molecule has 2 heterocycles. The zero-order valence-electron chi connectivity index (χ0n) is 9.23. The Morgan fingerprint density at radius 1 is 1.44 bits per heavy atom. The minimum Gasteiger partial charge on any atom is -0.481 e. The highest BCUT2D eigenvalue weighted by molar-refractivity contribution is 7.07. The fourth-order valence-electron chi connectivity index (χ4n) is 1.30. The molecule has 0 atom stereocenters. The first-order chi connectivity index (χ1) is 7.78. The fraction of sp³-hybridized carbons (Fsp3) is 0.273. The molecule has 0 aliphatic carbocycles. The van der Waals surface area contributed by atoms with E-state index in [1.165, 1.54) is 5.56 Å². The third kappa shape index (κ3) is 2.70. The predicted octanol–water partition coefficient (Wildman–Crippen LogP) is 2.47. The zero-order chi connectivity index (χ0) is 11.4. The summed E-state index contributed by atoms with van der Waals surface area (Å²) in [7, 11) is 1.60. The van der Waals surface area contributed by atoms with Gasteiger partial charge in [-0.1, -0.05) is 0 Å². The van der Waals surface area contributed by atoms with Crippen LogP contribution in [0.25, 0.3) is 0 Å². The summed E-state index contributed by atoms with van der Waals surface area (Å²) in [5.74, 6) is 1.18. The molecule has 0 saturated heterocycles. The van der Waals surface area contributed by atoms with E-state index in [0.29, 0.717) is 11.8 Å². The van der Waals surface area contributed by atoms with E-state index in [1.807, 2.05) is 6.92 Å². The van der Waals surface area contributed by atoms with Gasteiger partial charge < -0.3 is 10.1 Å². The number of thiophene rings is 1. The van der Waals surface area contributed by atoms with E-state index in [0.717, 1.165) is 12.2 Å². The van der Waals surface area contributed by atoms with Gasteiger partial charge in [0.25, 0.3) is 0 Å². The van der Waals surface area contributed by atoms with Gasteiger partial charge >= 0.3 is 0 Å². The number of hydrogen-bond acceptors (Lipinski definition) is 5. The van der Waals surface area contributed by atoms with Gasteiger partial charge in [-0.3, -0.25) is 0 Å². The summed E-state index contributed by atoms with van der Waals surface area (Å²) in [5, 5.41) is 7.31. The van der Waals surface area contributed by atoms with Gasteiger partial charge in [-0.05, 0) is 29.3 Å². The van der Waals surface area contributed by atoms with Crippen LogP contribution in [0.3, 0.4) is 0 Å². The largest absolute Gasteiger partial charge is 0.481 e. The van der Waals surface area contributed by atoms with Crippen LogP contribution in [0, 0.1) is 6.92 Å². The Balaban J connectivity index is 2.06. The molecule has 1 N–H and O–H groups in total. The molecule has 0 fully saturated rings. The SMILES string of the molecule is COc1cc(C)nc(NCc2ccsc2)n1. The molecule has 0 aliphatic heterocycles. The lowest BCUT2D eigenvalue weighted by Crippen LogP contribution is -2.04. The second-order valence-corrected chi connectivity index (χ2v) is 4.14. The molecule has 2 aromatic rings. The normalized spacial score (nSPS) is 10.1. The second kappa shape index (κ2) is 4.94. The predicted molar refractivity (Wildman–Crippen MR) is 65.0 cm³/mol. The maximum Gasteiger partial charge on any atom is 0.226 e. The maximum absolute atomic E-state index is 5.08. The average Bonchev–Trinajstić information content (AvgIpc) is 2.78. The number of hydrogen-bond donors (Lipinski definition) is 1. The van der Waals surface area contributed by atoms with Crippen LogP contribution in [-0.4, -0.2) is 17.1 Å². The molecule has 0 saturated carbocycles. The van der Waals surface area contributed by atoms with Crippen LogP contribution in [0.2, 0.25) is 0 Å². The van der Waals surface area contributed by atoms with E-state index in [9.17, 15) is 0 Å². The quantitative estimate of drug-likeness (QED) is 0.884. The third-order valence-corrected chi connectivity index (χ3v) is 2.80. The maximum atomic E-state index is 5.08. The highest BCUT2D eigenvalue weighted by Gasteiger charge is 2.01. The summed E-state index contributed by atoms with van der Waals surface area (Å²) >= 11 is 1.68. The van der Waals surface area contributed by atoms with E-state index in [1.54, 1.807) is 24.5 Å². The number of aromatic nitrogens is 2. The standard InChI is InChI=1S/C11H13N3OS/c1-8-5-10(15-2)14-11(13-8)12-6-9-3-4-16-7-9/h3-5,7H,6H2,1-2H3,(H,12,13,14). The number of rotatable bonds is 4. The van der Waals surface area contributed by atoms with Crippen molar-refractivity contribution >= 4 is 17.3 Å². The molecule has 0 spiro atoms. The first-order valence-corrected chi connectivity index (χ1v) is 5.87. The summed E-state index contributed by atoms with van der Waals surface area (Å²) in [6.45, 7) is 2.65. The number of methoxy groups -OCH3 is 1. The van der Waals surface area contributed by atoms with Crippen molar-refractivity contribution in [2.24, 2.45) is 0 Å². The van der Waals surface area contributed by atoms with Crippen molar-refractivity contribution in [1.29, 1.82) is 0 Å². The van der Waals surface area contributed by atoms with E-state index >= 15 is 0 Å². The number of nitrogens with one attached hydrogen (secondary N) is 1. The van der Waals surface area contributed by atoms with Crippen molar-refractivity contribution in [3.63, 3.8) is 0 Å².